The molecule has 2 aromatic heterocycles. The third-order valence-corrected chi connectivity index (χ3v) is 4.79. The van der Waals surface area contributed by atoms with Crippen LogP contribution in [-0.4, -0.2) is 26.9 Å². The lowest BCUT2D eigenvalue weighted by Gasteiger charge is -2.24. The number of carbonyl (C=O) groups is 1. The molecule has 2 heterocycles. The average molecular weight is 353 g/mol. The molecule has 0 aliphatic heterocycles. The molecular weight excluding hydrogens is 330 g/mol. The highest BCUT2D eigenvalue weighted by atomic mass is 32.1. The van der Waals surface area contributed by atoms with E-state index in [-0.39, 0.29) is 5.91 Å². The highest BCUT2D eigenvalue weighted by Gasteiger charge is 2.20. The molecule has 1 aromatic carbocycles. The van der Waals surface area contributed by atoms with Crippen LogP contribution in [0.2, 0.25) is 0 Å². The number of imidazole rings is 1. The third-order valence-electron chi connectivity index (χ3n) is 3.93. The predicted molar refractivity (Wildman–Crippen MR) is 102 cm³/mol. The zero-order chi connectivity index (χ0) is 17.6. The minimum atomic E-state index is 0.0814. The van der Waals surface area contributed by atoms with Gasteiger partial charge in [0.15, 0.2) is 0 Å². The van der Waals surface area contributed by atoms with Crippen LogP contribution in [0.15, 0.2) is 60.2 Å². The van der Waals surface area contributed by atoms with E-state index in [0.29, 0.717) is 12.5 Å². The maximum absolute atomic E-state index is 12.8. The zero-order valence-corrected chi connectivity index (χ0v) is 15.4. The van der Waals surface area contributed by atoms with Crippen molar-refractivity contribution >= 4 is 17.2 Å². The second-order valence-corrected chi connectivity index (χ2v) is 7.46. The van der Waals surface area contributed by atoms with Crippen molar-refractivity contribution < 1.29 is 4.79 Å². The summed E-state index contributed by atoms with van der Waals surface area (Å²) in [4.78, 5) is 20.0. The summed E-state index contributed by atoms with van der Waals surface area (Å²) in [7, 11) is 0. The van der Waals surface area contributed by atoms with Gasteiger partial charge in [0.25, 0.3) is 5.91 Å². The molecule has 0 N–H and O–H groups in total. The molecule has 1 amide bonds. The Bertz CT molecular complexity index is 793. The molecule has 0 unspecified atom stereocenters. The minimum absolute atomic E-state index is 0.0814. The van der Waals surface area contributed by atoms with Crippen LogP contribution in [0.5, 0.6) is 0 Å². The Balaban J connectivity index is 1.78. The van der Waals surface area contributed by atoms with Gasteiger partial charge in [-0.05, 0) is 22.9 Å². The SMILES string of the molecule is CC(C)CN(Cc1nccn1Cc1ccccc1)C(=O)c1cccs1. The summed E-state index contributed by atoms with van der Waals surface area (Å²) in [5.41, 5.74) is 1.22. The number of hydrogen-bond acceptors (Lipinski definition) is 3. The molecule has 4 nitrogen and oxygen atoms in total. The molecule has 0 saturated heterocycles. The van der Waals surface area contributed by atoms with Crippen molar-refractivity contribution in [3.63, 3.8) is 0 Å². The van der Waals surface area contributed by atoms with Gasteiger partial charge in [0.1, 0.15) is 5.82 Å². The van der Waals surface area contributed by atoms with Gasteiger partial charge in [0.2, 0.25) is 0 Å². The smallest absolute Gasteiger partial charge is 0.264 e. The van der Waals surface area contributed by atoms with E-state index in [9.17, 15) is 4.79 Å². The second-order valence-electron chi connectivity index (χ2n) is 6.51. The van der Waals surface area contributed by atoms with Crippen LogP contribution >= 0.6 is 11.3 Å². The van der Waals surface area contributed by atoms with E-state index in [2.05, 4.69) is 35.5 Å². The number of rotatable bonds is 7. The fraction of sp³-hybridized carbons (Fsp3) is 0.300. The summed E-state index contributed by atoms with van der Waals surface area (Å²) in [6.45, 7) is 6.26. The lowest BCUT2D eigenvalue weighted by molar-refractivity contribution is 0.0721. The van der Waals surface area contributed by atoms with Crippen LogP contribution in [-0.2, 0) is 13.1 Å². The normalized spacial score (nSPS) is 11.0. The van der Waals surface area contributed by atoms with E-state index in [0.717, 1.165) is 23.8 Å². The lowest BCUT2D eigenvalue weighted by Crippen LogP contribution is -2.34. The van der Waals surface area contributed by atoms with Crippen LogP contribution in [0.25, 0.3) is 0 Å². The molecule has 0 saturated carbocycles. The van der Waals surface area contributed by atoms with Gasteiger partial charge >= 0.3 is 0 Å². The Kier molecular flexibility index (Phi) is 5.66. The van der Waals surface area contributed by atoms with Gasteiger partial charge in [-0.1, -0.05) is 50.2 Å². The Morgan fingerprint density at radius 1 is 1.20 bits per heavy atom. The van der Waals surface area contributed by atoms with Crippen molar-refractivity contribution in [3.05, 3.63) is 76.5 Å². The quantitative estimate of drug-likeness (QED) is 0.635. The highest BCUT2D eigenvalue weighted by molar-refractivity contribution is 7.12. The monoisotopic (exact) mass is 353 g/mol. The number of amides is 1. The Labute approximate surface area is 152 Å². The molecule has 0 bridgehead atoms. The van der Waals surface area contributed by atoms with Gasteiger partial charge in [-0.15, -0.1) is 11.3 Å². The van der Waals surface area contributed by atoms with E-state index in [1.807, 2.05) is 46.8 Å². The largest absolute Gasteiger partial charge is 0.330 e. The van der Waals surface area contributed by atoms with Gasteiger partial charge in [-0.25, -0.2) is 4.98 Å². The van der Waals surface area contributed by atoms with Crippen molar-refractivity contribution in [1.29, 1.82) is 0 Å². The fourth-order valence-corrected chi connectivity index (χ4v) is 3.49. The topological polar surface area (TPSA) is 38.1 Å². The second kappa shape index (κ2) is 8.12. The maximum Gasteiger partial charge on any atom is 0.264 e. The lowest BCUT2D eigenvalue weighted by atomic mass is 10.2. The summed E-state index contributed by atoms with van der Waals surface area (Å²) in [5, 5.41) is 1.94. The Hall–Kier alpha value is -2.40. The molecular formula is C20H23N3OS. The van der Waals surface area contributed by atoms with E-state index in [4.69, 9.17) is 0 Å². The molecule has 25 heavy (non-hydrogen) atoms. The number of aromatic nitrogens is 2. The Morgan fingerprint density at radius 3 is 2.68 bits per heavy atom. The summed E-state index contributed by atoms with van der Waals surface area (Å²) < 4.78 is 2.12. The van der Waals surface area contributed by atoms with Crippen LogP contribution in [0.1, 0.15) is 34.9 Å². The van der Waals surface area contributed by atoms with Crippen molar-refractivity contribution in [2.24, 2.45) is 5.92 Å². The summed E-state index contributed by atoms with van der Waals surface area (Å²) in [5.74, 6) is 1.40. The number of hydrogen-bond donors (Lipinski definition) is 0. The predicted octanol–water partition coefficient (Wildman–Crippen LogP) is 4.29. The molecule has 5 heteroatoms. The van der Waals surface area contributed by atoms with Gasteiger partial charge in [0.05, 0.1) is 11.4 Å². The first-order valence-corrected chi connectivity index (χ1v) is 9.38. The van der Waals surface area contributed by atoms with Crippen LogP contribution in [0.4, 0.5) is 0 Å². The van der Waals surface area contributed by atoms with E-state index < -0.39 is 0 Å². The first kappa shape index (κ1) is 17.4. The number of benzene rings is 1. The fourth-order valence-electron chi connectivity index (χ4n) is 2.80. The molecule has 0 aliphatic rings. The van der Waals surface area contributed by atoms with E-state index in [1.54, 1.807) is 6.20 Å². The molecule has 3 aromatic rings. The average Bonchev–Trinajstić information content (AvgIpc) is 3.27. The third kappa shape index (κ3) is 4.57. The number of nitrogens with zero attached hydrogens (tertiary/aromatic N) is 3. The standard InChI is InChI=1S/C20H23N3OS/c1-16(2)13-23(20(24)18-9-6-12-25-18)15-19-21-10-11-22(19)14-17-7-4-3-5-8-17/h3-12,16H,13-15H2,1-2H3. The van der Waals surface area contributed by atoms with Gasteiger partial charge in [0, 0.05) is 25.5 Å². The molecule has 0 fully saturated rings. The minimum Gasteiger partial charge on any atom is -0.330 e. The summed E-state index contributed by atoms with van der Waals surface area (Å²) >= 11 is 1.49. The molecule has 0 atom stereocenters. The van der Waals surface area contributed by atoms with Gasteiger partial charge in [-0.2, -0.15) is 0 Å². The molecule has 130 valence electrons. The van der Waals surface area contributed by atoms with Gasteiger partial charge < -0.3 is 9.47 Å². The van der Waals surface area contributed by atoms with Crippen LogP contribution < -0.4 is 0 Å². The molecule has 0 radical (unpaired) electrons. The Morgan fingerprint density at radius 2 is 2.00 bits per heavy atom. The van der Waals surface area contributed by atoms with Crippen LogP contribution in [0, 0.1) is 5.92 Å². The van der Waals surface area contributed by atoms with Crippen molar-refractivity contribution in [2.75, 3.05) is 6.54 Å². The molecule has 0 aliphatic carbocycles. The summed E-state index contributed by atoms with van der Waals surface area (Å²) in [6, 6.07) is 14.1. The zero-order valence-electron chi connectivity index (χ0n) is 14.6. The van der Waals surface area contributed by atoms with E-state index in [1.165, 1.54) is 16.9 Å². The number of carbonyl (C=O) groups excluding carboxylic acids is 1. The molecule has 3 rings (SSSR count). The first-order valence-electron chi connectivity index (χ1n) is 8.50. The van der Waals surface area contributed by atoms with Gasteiger partial charge in [-0.3, -0.25) is 4.79 Å². The molecule has 0 spiro atoms. The van der Waals surface area contributed by atoms with E-state index >= 15 is 0 Å². The van der Waals surface area contributed by atoms with Crippen LogP contribution in [0.3, 0.4) is 0 Å². The first-order chi connectivity index (χ1) is 12.1. The van der Waals surface area contributed by atoms with Crippen molar-refractivity contribution in [3.8, 4) is 0 Å². The van der Waals surface area contributed by atoms with Crippen molar-refractivity contribution in [2.45, 2.75) is 26.9 Å². The maximum atomic E-state index is 12.8. The van der Waals surface area contributed by atoms with Crippen molar-refractivity contribution in [1.82, 2.24) is 14.5 Å². The highest BCUT2D eigenvalue weighted by Crippen LogP contribution is 2.16. The number of thiophene rings is 1. The summed E-state index contributed by atoms with van der Waals surface area (Å²) in [6.07, 6.45) is 3.78.